The van der Waals surface area contributed by atoms with Crippen LogP contribution in [0, 0.1) is 0 Å². The minimum atomic E-state index is -1.12. The Morgan fingerprint density at radius 3 is 2.84 bits per heavy atom. The zero-order valence-corrected chi connectivity index (χ0v) is 10.7. The maximum absolute atomic E-state index is 10.8. The van der Waals surface area contributed by atoms with E-state index in [2.05, 4.69) is 5.16 Å². The highest BCUT2D eigenvalue weighted by molar-refractivity contribution is 6.35. The molecule has 0 radical (unpaired) electrons. The number of carboxylic acid groups (broad SMARTS) is 1. The maximum Gasteiger partial charge on any atom is 0.358 e. The Bertz CT molecular complexity index is 788. The lowest BCUT2D eigenvalue weighted by Gasteiger charge is -1.99. The minimum absolute atomic E-state index is 0.119. The van der Waals surface area contributed by atoms with Gasteiger partial charge in [-0.25, -0.2) is 4.79 Å². The molecule has 96 valence electrons. The lowest BCUT2D eigenvalue weighted by molar-refractivity contribution is 0.0686. The van der Waals surface area contributed by atoms with Crippen molar-refractivity contribution < 1.29 is 14.4 Å². The Morgan fingerprint density at radius 1 is 1.42 bits per heavy atom. The van der Waals surface area contributed by atoms with E-state index in [0.29, 0.717) is 10.8 Å². The predicted octanol–water partition coefficient (Wildman–Crippen LogP) is 3.18. The monoisotopic (exact) mass is 276 g/mol. The van der Waals surface area contributed by atoms with E-state index in [1.165, 1.54) is 6.07 Å². The zero-order valence-electron chi connectivity index (χ0n) is 9.92. The van der Waals surface area contributed by atoms with Crippen LogP contribution in [0.2, 0.25) is 5.02 Å². The standard InChI is InChI=1S/C13H9ClN2O3/c1-16-10-4-2-3-8(14)7(10)5-11(16)12-6-9(13(17)18)15-19-12/h2-6H,1H3,(H,17,18). The number of rotatable bonds is 2. The van der Waals surface area contributed by atoms with Crippen molar-refractivity contribution in [3.8, 4) is 11.5 Å². The smallest absolute Gasteiger partial charge is 0.358 e. The Labute approximate surface area is 113 Å². The Morgan fingerprint density at radius 2 is 2.21 bits per heavy atom. The summed E-state index contributed by atoms with van der Waals surface area (Å²) in [4.78, 5) is 10.8. The molecule has 1 aromatic carbocycles. The fourth-order valence-corrected chi connectivity index (χ4v) is 2.28. The molecule has 0 aliphatic heterocycles. The second-order valence-electron chi connectivity index (χ2n) is 4.14. The first-order valence-corrected chi connectivity index (χ1v) is 5.90. The number of hydrogen-bond acceptors (Lipinski definition) is 3. The van der Waals surface area contributed by atoms with Crippen molar-refractivity contribution >= 4 is 28.5 Å². The predicted molar refractivity (Wildman–Crippen MR) is 70.4 cm³/mol. The number of hydrogen-bond donors (Lipinski definition) is 1. The third-order valence-corrected chi connectivity index (χ3v) is 3.34. The van der Waals surface area contributed by atoms with Gasteiger partial charge in [0.15, 0.2) is 11.5 Å². The van der Waals surface area contributed by atoms with E-state index in [1.54, 1.807) is 6.07 Å². The molecular formula is C13H9ClN2O3. The molecule has 2 aromatic heterocycles. The highest BCUT2D eigenvalue weighted by Crippen LogP contribution is 2.31. The summed E-state index contributed by atoms with van der Waals surface area (Å²) in [7, 11) is 1.86. The van der Waals surface area contributed by atoms with Crippen LogP contribution in [0.3, 0.4) is 0 Å². The van der Waals surface area contributed by atoms with Crippen LogP contribution in [-0.4, -0.2) is 20.8 Å². The molecule has 5 nitrogen and oxygen atoms in total. The van der Waals surface area contributed by atoms with E-state index in [4.69, 9.17) is 21.2 Å². The van der Waals surface area contributed by atoms with Crippen molar-refractivity contribution in [3.05, 3.63) is 41.0 Å². The first-order chi connectivity index (χ1) is 9.08. The van der Waals surface area contributed by atoms with E-state index in [1.807, 2.05) is 29.8 Å². The van der Waals surface area contributed by atoms with Gasteiger partial charge in [0, 0.05) is 29.0 Å². The molecule has 0 saturated carbocycles. The highest BCUT2D eigenvalue weighted by atomic mass is 35.5. The SMILES string of the molecule is Cn1c(-c2cc(C(=O)O)no2)cc2c(Cl)cccc21. The minimum Gasteiger partial charge on any atom is -0.476 e. The van der Waals surface area contributed by atoms with E-state index >= 15 is 0 Å². The van der Waals surface area contributed by atoms with Crippen LogP contribution in [0.4, 0.5) is 0 Å². The number of halogens is 1. The van der Waals surface area contributed by atoms with Crippen molar-refractivity contribution in [2.75, 3.05) is 0 Å². The summed E-state index contributed by atoms with van der Waals surface area (Å²) in [5, 5.41) is 13.9. The number of nitrogens with zero attached hydrogens (tertiary/aromatic N) is 2. The third kappa shape index (κ3) is 1.79. The van der Waals surface area contributed by atoms with Gasteiger partial charge in [0.1, 0.15) is 0 Å². The van der Waals surface area contributed by atoms with Gasteiger partial charge in [-0.3, -0.25) is 0 Å². The van der Waals surface area contributed by atoms with E-state index in [0.717, 1.165) is 16.6 Å². The van der Waals surface area contributed by atoms with E-state index in [-0.39, 0.29) is 5.69 Å². The molecule has 0 amide bonds. The molecule has 1 N–H and O–H groups in total. The summed E-state index contributed by atoms with van der Waals surface area (Å²) in [5.74, 6) is -0.723. The normalized spacial score (nSPS) is 11.1. The van der Waals surface area contributed by atoms with Gasteiger partial charge >= 0.3 is 5.97 Å². The van der Waals surface area contributed by atoms with Crippen LogP contribution < -0.4 is 0 Å². The molecule has 2 heterocycles. The Kier molecular flexibility index (Phi) is 2.57. The van der Waals surface area contributed by atoms with Crippen LogP contribution >= 0.6 is 11.6 Å². The van der Waals surface area contributed by atoms with Gasteiger partial charge in [0.25, 0.3) is 0 Å². The van der Waals surface area contributed by atoms with Gasteiger partial charge in [0.05, 0.1) is 5.69 Å². The molecule has 0 aliphatic carbocycles. The number of aromatic carboxylic acids is 1. The van der Waals surface area contributed by atoms with Crippen LogP contribution in [0.5, 0.6) is 0 Å². The van der Waals surface area contributed by atoms with Crippen LogP contribution in [0.15, 0.2) is 34.9 Å². The maximum atomic E-state index is 10.8. The van der Waals surface area contributed by atoms with Crippen LogP contribution in [0.25, 0.3) is 22.4 Å². The quantitative estimate of drug-likeness (QED) is 0.780. The van der Waals surface area contributed by atoms with Crippen molar-refractivity contribution in [2.45, 2.75) is 0 Å². The first kappa shape index (κ1) is 11.8. The van der Waals surface area contributed by atoms with Gasteiger partial charge in [-0.2, -0.15) is 0 Å². The molecule has 6 heteroatoms. The van der Waals surface area contributed by atoms with Gasteiger partial charge in [0.2, 0.25) is 0 Å². The molecule has 0 atom stereocenters. The number of fused-ring (bicyclic) bond motifs is 1. The highest BCUT2D eigenvalue weighted by Gasteiger charge is 2.16. The first-order valence-electron chi connectivity index (χ1n) is 5.52. The molecule has 0 aliphatic rings. The van der Waals surface area contributed by atoms with Crippen molar-refractivity contribution in [1.82, 2.24) is 9.72 Å². The summed E-state index contributed by atoms with van der Waals surface area (Å²) < 4.78 is 6.95. The fourth-order valence-electron chi connectivity index (χ4n) is 2.06. The number of carboxylic acids is 1. The van der Waals surface area contributed by atoms with E-state index in [9.17, 15) is 4.79 Å². The topological polar surface area (TPSA) is 68.3 Å². The van der Waals surface area contributed by atoms with Gasteiger partial charge in [-0.05, 0) is 18.2 Å². The van der Waals surface area contributed by atoms with E-state index < -0.39 is 5.97 Å². The van der Waals surface area contributed by atoms with Crippen LogP contribution in [0.1, 0.15) is 10.5 Å². The molecule has 3 rings (SSSR count). The van der Waals surface area contributed by atoms with Gasteiger partial charge in [-0.1, -0.05) is 22.8 Å². The van der Waals surface area contributed by atoms with Crippen molar-refractivity contribution in [3.63, 3.8) is 0 Å². The summed E-state index contributed by atoms with van der Waals surface area (Å²) in [6.45, 7) is 0. The van der Waals surface area contributed by atoms with Crippen LogP contribution in [-0.2, 0) is 7.05 Å². The number of aromatic nitrogens is 2. The summed E-state index contributed by atoms with van der Waals surface area (Å²) in [5.41, 5.74) is 1.55. The molecule has 0 spiro atoms. The average Bonchev–Trinajstić information content (AvgIpc) is 2.96. The average molecular weight is 277 g/mol. The van der Waals surface area contributed by atoms with Crippen molar-refractivity contribution in [2.24, 2.45) is 7.05 Å². The molecule has 0 saturated heterocycles. The molecule has 3 aromatic rings. The molecule has 0 unspecified atom stereocenters. The van der Waals surface area contributed by atoms with Crippen molar-refractivity contribution in [1.29, 1.82) is 0 Å². The zero-order chi connectivity index (χ0) is 13.6. The summed E-state index contributed by atoms with van der Waals surface area (Å²) in [6.07, 6.45) is 0. The number of benzene rings is 1. The summed E-state index contributed by atoms with van der Waals surface area (Å²) in [6, 6.07) is 8.84. The largest absolute Gasteiger partial charge is 0.476 e. The number of carbonyl (C=O) groups is 1. The lowest BCUT2D eigenvalue weighted by atomic mass is 10.2. The fraction of sp³-hybridized carbons (Fsp3) is 0.0769. The van der Waals surface area contributed by atoms with Gasteiger partial charge in [-0.15, -0.1) is 0 Å². The Hall–Kier alpha value is -2.27. The Balaban J connectivity index is 2.22. The molecular weight excluding hydrogens is 268 g/mol. The molecule has 0 bridgehead atoms. The summed E-state index contributed by atoms with van der Waals surface area (Å²) >= 11 is 6.13. The number of aryl methyl sites for hydroxylation is 1. The second kappa shape index (κ2) is 4.13. The third-order valence-electron chi connectivity index (χ3n) is 3.02. The molecule has 19 heavy (non-hydrogen) atoms. The second-order valence-corrected chi connectivity index (χ2v) is 4.55. The van der Waals surface area contributed by atoms with Gasteiger partial charge < -0.3 is 14.2 Å². The lowest BCUT2D eigenvalue weighted by Crippen LogP contribution is -1.94. The molecule has 0 fully saturated rings.